The van der Waals surface area contributed by atoms with Crippen LogP contribution in [-0.4, -0.2) is 52.2 Å². The lowest BCUT2D eigenvalue weighted by atomic mass is 10.0. The molecule has 0 spiro atoms. The molecule has 1 aliphatic rings. The minimum absolute atomic E-state index is 0.118. The van der Waals surface area contributed by atoms with E-state index < -0.39 is 38.7 Å². The maximum absolute atomic E-state index is 14.8. The average molecular weight is 574 g/mol. The molecule has 1 amide bonds. The van der Waals surface area contributed by atoms with Crippen molar-refractivity contribution in [2.24, 2.45) is 5.92 Å². The largest absolute Gasteiger partial charge is 0.449 e. The minimum Gasteiger partial charge on any atom is -0.449 e. The van der Waals surface area contributed by atoms with Gasteiger partial charge in [-0.3, -0.25) is 0 Å². The first-order chi connectivity index (χ1) is 18.6. The second-order valence-electron chi connectivity index (χ2n) is 9.24. The summed E-state index contributed by atoms with van der Waals surface area (Å²) in [6, 6.07) is 17.4. The number of ether oxygens (including phenoxy) is 1. The second kappa shape index (κ2) is 12.0. The molecular weight excluding hydrogens is 548 g/mol. The van der Waals surface area contributed by atoms with E-state index in [1.54, 1.807) is 12.1 Å². The number of carbonyl (C=O) groups is 1. The lowest BCUT2D eigenvalue weighted by Gasteiger charge is -2.36. The van der Waals surface area contributed by atoms with E-state index in [0.29, 0.717) is 36.8 Å². The predicted octanol–water partition coefficient (Wildman–Crippen LogP) is 5.60. The first-order valence-electron chi connectivity index (χ1n) is 12.2. The molecule has 2 atom stereocenters. The molecular formula is C28H26ClF2N3O4S. The van der Waals surface area contributed by atoms with Crippen LogP contribution < -0.4 is 4.90 Å². The van der Waals surface area contributed by atoms with Crippen LogP contribution in [0.3, 0.4) is 0 Å². The number of nitrogens with zero attached hydrogens (tertiary/aromatic N) is 3. The molecule has 0 saturated carbocycles. The lowest BCUT2D eigenvalue weighted by Crippen LogP contribution is -2.49. The Morgan fingerprint density at radius 3 is 2.38 bits per heavy atom. The van der Waals surface area contributed by atoms with Crippen LogP contribution in [0.25, 0.3) is 0 Å². The van der Waals surface area contributed by atoms with Crippen LogP contribution in [0.4, 0.5) is 19.3 Å². The molecule has 3 aromatic carbocycles. The fourth-order valence-electron chi connectivity index (χ4n) is 4.64. The number of anilines is 1. The molecule has 0 aliphatic carbocycles. The third kappa shape index (κ3) is 6.32. The molecule has 1 saturated heterocycles. The number of amides is 1. The summed E-state index contributed by atoms with van der Waals surface area (Å²) in [5, 5.41) is 8.15. The zero-order valence-corrected chi connectivity index (χ0v) is 22.6. The van der Waals surface area contributed by atoms with E-state index in [1.807, 2.05) is 17.0 Å². The van der Waals surface area contributed by atoms with Crippen molar-refractivity contribution in [3.8, 4) is 6.07 Å². The summed E-state index contributed by atoms with van der Waals surface area (Å²) in [6.07, 6.45) is -0.641. The molecule has 1 aliphatic heterocycles. The van der Waals surface area contributed by atoms with Crippen LogP contribution in [0, 0.1) is 28.9 Å². The molecule has 7 nitrogen and oxygen atoms in total. The van der Waals surface area contributed by atoms with Crippen molar-refractivity contribution in [2.45, 2.75) is 17.1 Å². The van der Waals surface area contributed by atoms with Crippen LogP contribution in [-0.2, 0) is 14.6 Å². The number of hydrogen-bond donors (Lipinski definition) is 0. The number of piperazine rings is 1. The Morgan fingerprint density at radius 1 is 1.05 bits per heavy atom. The summed E-state index contributed by atoms with van der Waals surface area (Å²) in [7, 11) is -4.23. The highest BCUT2D eigenvalue weighted by Crippen LogP contribution is 2.37. The van der Waals surface area contributed by atoms with Crippen LogP contribution >= 0.6 is 11.6 Å². The van der Waals surface area contributed by atoms with Crippen molar-refractivity contribution < 1.29 is 26.7 Å². The van der Waals surface area contributed by atoms with Gasteiger partial charge in [0.1, 0.15) is 17.7 Å². The number of carbonyl (C=O) groups excluding carboxylic acids is 1. The monoisotopic (exact) mass is 573 g/mol. The Morgan fingerprint density at radius 2 is 1.72 bits per heavy atom. The van der Waals surface area contributed by atoms with E-state index >= 15 is 0 Å². The van der Waals surface area contributed by atoms with Gasteiger partial charge in [-0.25, -0.2) is 22.0 Å². The normalized spacial score (nSPS) is 15.4. The Kier molecular flexibility index (Phi) is 8.73. The van der Waals surface area contributed by atoms with Crippen LogP contribution in [0.2, 0.25) is 5.02 Å². The average Bonchev–Trinajstić information content (AvgIpc) is 2.94. The van der Waals surface area contributed by atoms with Gasteiger partial charge in [0.2, 0.25) is 0 Å². The van der Waals surface area contributed by atoms with E-state index in [4.69, 9.17) is 16.3 Å². The highest BCUT2D eigenvalue weighted by atomic mass is 35.5. The molecule has 204 valence electrons. The van der Waals surface area contributed by atoms with E-state index in [2.05, 4.69) is 6.07 Å². The molecule has 0 bridgehead atoms. The molecule has 0 radical (unpaired) electrons. The van der Waals surface area contributed by atoms with Crippen molar-refractivity contribution in [3.05, 3.63) is 94.5 Å². The number of hydrogen-bond acceptors (Lipinski definition) is 6. The van der Waals surface area contributed by atoms with Gasteiger partial charge in [-0.15, -0.1) is 0 Å². The second-order valence-corrected chi connectivity index (χ2v) is 11.7. The minimum atomic E-state index is -4.23. The van der Waals surface area contributed by atoms with Crippen LogP contribution in [0.15, 0.2) is 71.6 Å². The highest BCUT2D eigenvalue weighted by molar-refractivity contribution is 7.91. The van der Waals surface area contributed by atoms with Crippen molar-refractivity contribution in [3.63, 3.8) is 0 Å². The number of rotatable bonds is 7. The quantitative estimate of drug-likeness (QED) is 0.365. The highest BCUT2D eigenvalue weighted by Gasteiger charge is 2.37. The fourth-order valence-corrected chi connectivity index (χ4v) is 6.78. The maximum Gasteiger partial charge on any atom is 0.409 e. The van der Waals surface area contributed by atoms with Gasteiger partial charge in [-0.2, -0.15) is 5.26 Å². The summed E-state index contributed by atoms with van der Waals surface area (Å²) in [5.74, 6) is -2.59. The van der Waals surface area contributed by atoms with Crippen molar-refractivity contribution in [1.29, 1.82) is 5.26 Å². The van der Waals surface area contributed by atoms with Crippen molar-refractivity contribution in [2.75, 3.05) is 37.7 Å². The maximum atomic E-state index is 14.8. The molecule has 0 N–H and O–H groups in total. The molecule has 1 heterocycles. The summed E-state index contributed by atoms with van der Waals surface area (Å²) in [4.78, 5) is 16.2. The van der Waals surface area contributed by atoms with Gasteiger partial charge >= 0.3 is 6.09 Å². The van der Waals surface area contributed by atoms with Gasteiger partial charge in [-0.1, -0.05) is 30.7 Å². The smallest absolute Gasteiger partial charge is 0.409 e. The standard InChI is InChI=1S/C28H26ClF2N3O4S/c1-19(18-38-28(35)34-14-12-33(13-15-34)26-5-3-2-4-20(26)17-32)27(24-16-22(30)8-11-25(24)31)39(36,37)23-9-6-21(29)7-10-23/h2-11,16,19,27H,12-15,18H2,1H3/t19-,27+/m1/s1. The van der Waals surface area contributed by atoms with Crippen LogP contribution in [0.1, 0.15) is 23.3 Å². The van der Waals surface area contributed by atoms with Gasteiger partial charge in [-0.05, 0) is 54.6 Å². The van der Waals surface area contributed by atoms with Crippen molar-refractivity contribution in [1.82, 2.24) is 4.90 Å². The molecule has 0 aromatic heterocycles. The van der Waals surface area contributed by atoms with Crippen molar-refractivity contribution >= 4 is 33.2 Å². The Labute approximate surface area is 231 Å². The molecule has 1 fully saturated rings. The molecule has 0 unspecified atom stereocenters. The van der Waals surface area contributed by atoms with E-state index in [0.717, 1.165) is 23.9 Å². The summed E-state index contributed by atoms with van der Waals surface area (Å²) in [6.45, 7) is 2.78. The van der Waals surface area contributed by atoms with E-state index in [1.165, 1.54) is 36.1 Å². The Hall–Kier alpha value is -3.68. The lowest BCUT2D eigenvalue weighted by molar-refractivity contribution is 0.0870. The topological polar surface area (TPSA) is 90.7 Å². The Bertz CT molecular complexity index is 1490. The summed E-state index contributed by atoms with van der Waals surface area (Å²) >= 11 is 5.90. The van der Waals surface area contributed by atoms with Gasteiger partial charge in [0.15, 0.2) is 9.84 Å². The van der Waals surface area contributed by atoms with E-state index in [9.17, 15) is 27.3 Å². The fraction of sp³-hybridized carbons (Fsp3) is 0.286. The zero-order valence-electron chi connectivity index (χ0n) is 21.1. The SMILES string of the molecule is C[C@H](COC(=O)N1CCN(c2ccccc2C#N)CC1)[C@@H](c1cc(F)ccc1F)S(=O)(=O)c1ccc(Cl)cc1. The van der Waals surface area contributed by atoms with Gasteiger partial charge in [0.05, 0.1) is 28.0 Å². The number of nitriles is 1. The zero-order chi connectivity index (χ0) is 28.2. The number of halogens is 3. The third-order valence-corrected chi connectivity index (χ3v) is 9.20. The van der Waals surface area contributed by atoms with Gasteiger partial charge < -0.3 is 14.5 Å². The molecule has 4 rings (SSSR count). The first-order valence-corrected chi connectivity index (χ1v) is 14.1. The number of para-hydroxylation sites is 1. The first kappa shape index (κ1) is 28.3. The number of benzene rings is 3. The molecule has 39 heavy (non-hydrogen) atoms. The van der Waals surface area contributed by atoms with Crippen LogP contribution in [0.5, 0.6) is 0 Å². The Balaban J connectivity index is 1.48. The molecule has 3 aromatic rings. The number of sulfone groups is 1. The summed E-state index contributed by atoms with van der Waals surface area (Å²) < 4.78 is 61.6. The summed E-state index contributed by atoms with van der Waals surface area (Å²) in [5.41, 5.74) is 0.979. The third-order valence-electron chi connectivity index (χ3n) is 6.63. The van der Waals surface area contributed by atoms with Gasteiger partial charge in [0.25, 0.3) is 0 Å². The van der Waals surface area contributed by atoms with E-state index in [-0.39, 0.29) is 17.1 Å². The van der Waals surface area contributed by atoms with Gasteiger partial charge in [0, 0.05) is 42.7 Å². The predicted molar refractivity (Wildman–Crippen MR) is 143 cm³/mol. The molecule has 11 heteroatoms.